The Kier molecular flexibility index (Phi) is 11.6. The number of aryl methyl sites for hydroxylation is 2. The van der Waals surface area contributed by atoms with Crippen molar-refractivity contribution in [3.05, 3.63) is 41.0 Å². The molecule has 1 aromatic heterocycles. The van der Waals surface area contributed by atoms with Crippen LogP contribution in [0, 0.1) is 13.8 Å². The fourth-order valence-electron chi connectivity index (χ4n) is 2.82. The first-order valence-corrected chi connectivity index (χ1v) is 10.1. The number of benzene rings is 1. The summed E-state index contributed by atoms with van der Waals surface area (Å²) >= 11 is 0. The van der Waals surface area contributed by atoms with Crippen LogP contribution < -0.4 is 15.4 Å². The van der Waals surface area contributed by atoms with E-state index in [1.807, 2.05) is 18.5 Å². The van der Waals surface area contributed by atoms with E-state index in [9.17, 15) is 0 Å². The zero-order valence-electron chi connectivity index (χ0n) is 18.3. The molecule has 2 aromatic rings. The molecule has 0 amide bonds. The van der Waals surface area contributed by atoms with Crippen LogP contribution in [0.15, 0.2) is 23.2 Å². The molecular formula is C21H35IN6O. The second-order valence-corrected chi connectivity index (χ2v) is 7.02. The number of unbranched alkanes of at least 4 members (excludes halogenated alkanes) is 3. The van der Waals surface area contributed by atoms with Crippen molar-refractivity contribution < 1.29 is 4.74 Å². The highest BCUT2D eigenvalue weighted by atomic mass is 127. The lowest BCUT2D eigenvalue weighted by atomic mass is 10.1. The maximum atomic E-state index is 6.06. The van der Waals surface area contributed by atoms with Crippen LogP contribution in [0.4, 0.5) is 0 Å². The van der Waals surface area contributed by atoms with E-state index in [-0.39, 0.29) is 24.0 Å². The topological polar surface area (TPSA) is 76.4 Å². The van der Waals surface area contributed by atoms with E-state index in [1.54, 1.807) is 7.05 Å². The standard InChI is InChI=1S/C21H34N6O.HI/c1-6-7-8-9-12-28-19-13-16(2)10-11-18(19)14-23-21(22-4)24-15-20-26-25-17(3)27(20)5;/h10-11,13H,6-9,12,14-15H2,1-5H3,(H2,22,23,24);1H. The number of ether oxygens (including phenoxy) is 1. The Hall–Kier alpha value is -1.84. The number of hydrogen-bond acceptors (Lipinski definition) is 4. The van der Waals surface area contributed by atoms with Crippen molar-refractivity contribution in [1.29, 1.82) is 0 Å². The van der Waals surface area contributed by atoms with E-state index < -0.39 is 0 Å². The van der Waals surface area contributed by atoms with Crippen LogP contribution in [-0.2, 0) is 20.1 Å². The van der Waals surface area contributed by atoms with Crippen molar-refractivity contribution in [2.24, 2.45) is 12.0 Å². The molecule has 1 aromatic carbocycles. The van der Waals surface area contributed by atoms with Crippen molar-refractivity contribution in [3.8, 4) is 5.75 Å². The molecule has 7 nitrogen and oxygen atoms in total. The molecule has 0 atom stereocenters. The van der Waals surface area contributed by atoms with Gasteiger partial charge in [-0.3, -0.25) is 4.99 Å². The number of halogens is 1. The number of nitrogens with zero attached hydrogens (tertiary/aromatic N) is 4. The Morgan fingerprint density at radius 1 is 1.10 bits per heavy atom. The van der Waals surface area contributed by atoms with Gasteiger partial charge in [0.2, 0.25) is 0 Å². The quantitative estimate of drug-likeness (QED) is 0.218. The van der Waals surface area contributed by atoms with Gasteiger partial charge in [0.05, 0.1) is 13.2 Å². The number of nitrogens with one attached hydrogen (secondary N) is 2. The third kappa shape index (κ3) is 8.20. The summed E-state index contributed by atoms with van der Waals surface area (Å²) in [6.45, 7) is 8.20. The SMILES string of the molecule is CCCCCCOc1cc(C)ccc1CNC(=NC)NCc1nnc(C)n1C.I. The molecule has 162 valence electrons. The number of aliphatic imine (C=N–C) groups is 1. The van der Waals surface area contributed by atoms with Gasteiger partial charge in [0.15, 0.2) is 11.8 Å². The van der Waals surface area contributed by atoms with E-state index in [1.165, 1.54) is 24.8 Å². The first kappa shape index (κ1) is 25.2. The lowest BCUT2D eigenvalue weighted by Crippen LogP contribution is -2.37. The van der Waals surface area contributed by atoms with Crippen molar-refractivity contribution in [3.63, 3.8) is 0 Å². The summed E-state index contributed by atoms with van der Waals surface area (Å²) in [6.07, 6.45) is 4.81. The summed E-state index contributed by atoms with van der Waals surface area (Å²) in [5.74, 6) is 3.42. The molecule has 0 spiro atoms. The summed E-state index contributed by atoms with van der Waals surface area (Å²) < 4.78 is 8.02. The smallest absolute Gasteiger partial charge is 0.191 e. The third-order valence-corrected chi connectivity index (χ3v) is 4.74. The van der Waals surface area contributed by atoms with E-state index in [0.717, 1.165) is 41.9 Å². The van der Waals surface area contributed by atoms with Crippen LogP contribution in [0.5, 0.6) is 5.75 Å². The molecule has 0 unspecified atom stereocenters. The van der Waals surface area contributed by atoms with Gasteiger partial charge in [-0.05, 0) is 31.9 Å². The van der Waals surface area contributed by atoms with Gasteiger partial charge in [0, 0.05) is 26.2 Å². The number of guanidine groups is 1. The average Bonchev–Trinajstić information content (AvgIpc) is 3.01. The van der Waals surface area contributed by atoms with Gasteiger partial charge < -0.3 is 19.9 Å². The fourth-order valence-corrected chi connectivity index (χ4v) is 2.82. The molecule has 0 aliphatic carbocycles. The third-order valence-electron chi connectivity index (χ3n) is 4.74. The van der Waals surface area contributed by atoms with Gasteiger partial charge in [0.1, 0.15) is 11.6 Å². The Balaban J connectivity index is 0.00000420. The van der Waals surface area contributed by atoms with Crippen LogP contribution in [-0.4, -0.2) is 34.4 Å². The number of rotatable bonds is 10. The molecule has 0 bridgehead atoms. The minimum Gasteiger partial charge on any atom is -0.493 e. The summed E-state index contributed by atoms with van der Waals surface area (Å²) in [7, 11) is 3.72. The molecule has 2 N–H and O–H groups in total. The first-order chi connectivity index (χ1) is 13.5. The van der Waals surface area contributed by atoms with Gasteiger partial charge >= 0.3 is 0 Å². The molecule has 8 heteroatoms. The Morgan fingerprint density at radius 3 is 2.52 bits per heavy atom. The Labute approximate surface area is 191 Å². The molecule has 0 aliphatic heterocycles. The van der Waals surface area contributed by atoms with E-state index in [0.29, 0.717) is 13.1 Å². The molecule has 0 aliphatic rings. The highest BCUT2D eigenvalue weighted by molar-refractivity contribution is 14.0. The maximum Gasteiger partial charge on any atom is 0.191 e. The van der Waals surface area contributed by atoms with Crippen molar-refractivity contribution in [2.45, 2.75) is 59.5 Å². The van der Waals surface area contributed by atoms with Crippen LogP contribution >= 0.6 is 24.0 Å². The minimum absolute atomic E-state index is 0. The van der Waals surface area contributed by atoms with Gasteiger partial charge in [-0.15, -0.1) is 34.2 Å². The Morgan fingerprint density at radius 2 is 1.86 bits per heavy atom. The number of hydrogen-bond donors (Lipinski definition) is 2. The zero-order chi connectivity index (χ0) is 20.4. The summed E-state index contributed by atoms with van der Waals surface area (Å²) in [5.41, 5.74) is 2.33. The number of aromatic nitrogens is 3. The molecule has 0 saturated carbocycles. The minimum atomic E-state index is 0. The lowest BCUT2D eigenvalue weighted by molar-refractivity contribution is 0.301. The van der Waals surface area contributed by atoms with E-state index in [4.69, 9.17) is 4.74 Å². The molecular weight excluding hydrogens is 479 g/mol. The highest BCUT2D eigenvalue weighted by Crippen LogP contribution is 2.21. The lowest BCUT2D eigenvalue weighted by Gasteiger charge is -2.15. The average molecular weight is 514 g/mol. The van der Waals surface area contributed by atoms with Gasteiger partial charge in [-0.2, -0.15) is 0 Å². The van der Waals surface area contributed by atoms with Gasteiger partial charge in [-0.25, -0.2) is 0 Å². The molecule has 1 heterocycles. The monoisotopic (exact) mass is 514 g/mol. The normalized spacial score (nSPS) is 11.1. The molecule has 0 radical (unpaired) electrons. The van der Waals surface area contributed by atoms with E-state index in [2.05, 4.69) is 57.9 Å². The molecule has 0 fully saturated rings. The second kappa shape index (κ2) is 13.4. The zero-order valence-corrected chi connectivity index (χ0v) is 20.6. The van der Waals surface area contributed by atoms with Crippen molar-refractivity contribution >= 4 is 29.9 Å². The highest BCUT2D eigenvalue weighted by Gasteiger charge is 2.08. The van der Waals surface area contributed by atoms with Crippen LogP contribution in [0.25, 0.3) is 0 Å². The molecule has 29 heavy (non-hydrogen) atoms. The first-order valence-electron chi connectivity index (χ1n) is 10.1. The van der Waals surface area contributed by atoms with Crippen LogP contribution in [0.2, 0.25) is 0 Å². The van der Waals surface area contributed by atoms with Crippen molar-refractivity contribution in [2.75, 3.05) is 13.7 Å². The molecule has 0 saturated heterocycles. The van der Waals surface area contributed by atoms with E-state index >= 15 is 0 Å². The second-order valence-electron chi connectivity index (χ2n) is 7.02. The predicted molar refractivity (Wildman–Crippen MR) is 129 cm³/mol. The summed E-state index contributed by atoms with van der Waals surface area (Å²) in [6, 6.07) is 6.33. The predicted octanol–water partition coefficient (Wildman–Crippen LogP) is 3.87. The van der Waals surface area contributed by atoms with Gasteiger partial charge in [-0.1, -0.05) is 38.3 Å². The van der Waals surface area contributed by atoms with Crippen molar-refractivity contribution in [1.82, 2.24) is 25.4 Å². The summed E-state index contributed by atoms with van der Waals surface area (Å²) in [4.78, 5) is 4.29. The summed E-state index contributed by atoms with van der Waals surface area (Å²) in [5, 5.41) is 14.9. The largest absolute Gasteiger partial charge is 0.493 e. The van der Waals surface area contributed by atoms with Gasteiger partial charge in [0.25, 0.3) is 0 Å². The maximum absolute atomic E-state index is 6.06. The van der Waals surface area contributed by atoms with Crippen LogP contribution in [0.3, 0.4) is 0 Å². The Bertz CT molecular complexity index is 775. The molecule has 2 rings (SSSR count). The fraction of sp³-hybridized carbons (Fsp3) is 0.571. The van der Waals surface area contributed by atoms with Crippen LogP contribution in [0.1, 0.15) is 55.4 Å².